The molecule has 98 valence electrons. The van der Waals surface area contributed by atoms with Gasteiger partial charge in [0.2, 0.25) is 0 Å². The molecule has 3 fully saturated rings. The van der Waals surface area contributed by atoms with Crippen molar-refractivity contribution in [2.24, 2.45) is 23.7 Å². The number of fused-ring (bicyclic) bond motifs is 5. The Balaban J connectivity index is 1.61. The van der Waals surface area contributed by atoms with Crippen LogP contribution in [0.2, 0.25) is 0 Å². The third kappa shape index (κ3) is 1.32. The van der Waals surface area contributed by atoms with Crippen LogP contribution < -0.4 is 0 Å². The molecule has 5 rings (SSSR count). The Labute approximate surface area is 120 Å². The van der Waals surface area contributed by atoms with E-state index in [1.54, 1.807) is 11.3 Å². The van der Waals surface area contributed by atoms with E-state index in [4.69, 9.17) is 12.2 Å². The van der Waals surface area contributed by atoms with Crippen LogP contribution in [-0.4, -0.2) is 14.8 Å². The Kier molecular flexibility index (Phi) is 2.03. The zero-order chi connectivity index (χ0) is 12.6. The first kappa shape index (κ1) is 10.8. The van der Waals surface area contributed by atoms with Crippen molar-refractivity contribution >= 4 is 23.6 Å². The van der Waals surface area contributed by atoms with Crippen LogP contribution in [0.5, 0.6) is 0 Å². The maximum atomic E-state index is 5.49. The van der Waals surface area contributed by atoms with Crippen molar-refractivity contribution in [1.82, 2.24) is 14.8 Å². The van der Waals surface area contributed by atoms with Gasteiger partial charge in [0.25, 0.3) is 0 Å². The van der Waals surface area contributed by atoms with Crippen LogP contribution in [0, 0.1) is 28.4 Å². The lowest BCUT2D eigenvalue weighted by Gasteiger charge is -2.11. The van der Waals surface area contributed by atoms with Gasteiger partial charge in [0.15, 0.2) is 10.6 Å². The van der Waals surface area contributed by atoms with Gasteiger partial charge >= 0.3 is 0 Å². The molecule has 0 radical (unpaired) electrons. The summed E-state index contributed by atoms with van der Waals surface area (Å²) in [5.74, 6) is 4.77. The molecule has 19 heavy (non-hydrogen) atoms. The standard InChI is InChI=1S/C14H15N3S2/c18-14-16-15-13(9-2-1-5-19-9)17(14)12-10-7-3-4-8(6-7)11(10)12/h1-2,5,7-8,10-12H,3-4,6H2,(H,16,18). The van der Waals surface area contributed by atoms with Crippen LogP contribution >= 0.6 is 23.6 Å². The monoisotopic (exact) mass is 289 g/mol. The highest BCUT2D eigenvalue weighted by molar-refractivity contribution is 7.71. The summed E-state index contributed by atoms with van der Waals surface area (Å²) >= 11 is 7.23. The lowest BCUT2D eigenvalue weighted by atomic mass is 10.0. The third-order valence-electron chi connectivity index (χ3n) is 5.44. The molecule has 2 bridgehead atoms. The predicted molar refractivity (Wildman–Crippen MR) is 77.6 cm³/mol. The summed E-state index contributed by atoms with van der Waals surface area (Å²) in [4.78, 5) is 1.23. The number of aromatic amines is 1. The van der Waals surface area contributed by atoms with Gasteiger partial charge in [0.05, 0.1) is 4.88 Å². The van der Waals surface area contributed by atoms with Gasteiger partial charge < -0.3 is 0 Å². The van der Waals surface area contributed by atoms with Crippen LogP contribution in [0.3, 0.4) is 0 Å². The molecule has 4 unspecified atom stereocenters. The molecule has 0 aromatic carbocycles. The van der Waals surface area contributed by atoms with Gasteiger partial charge in [-0.2, -0.15) is 5.10 Å². The van der Waals surface area contributed by atoms with E-state index in [2.05, 4.69) is 32.3 Å². The van der Waals surface area contributed by atoms with Crippen molar-refractivity contribution in [2.45, 2.75) is 25.3 Å². The summed E-state index contributed by atoms with van der Waals surface area (Å²) < 4.78 is 3.13. The molecule has 3 nitrogen and oxygen atoms in total. The molecule has 5 heteroatoms. The minimum Gasteiger partial charge on any atom is -0.296 e. The number of hydrogen-bond donors (Lipinski definition) is 1. The quantitative estimate of drug-likeness (QED) is 0.851. The lowest BCUT2D eigenvalue weighted by Crippen LogP contribution is -2.06. The van der Waals surface area contributed by atoms with Crippen molar-refractivity contribution in [1.29, 1.82) is 0 Å². The fraction of sp³-hybridized carbons (Fsp3) is 0.571. The molecule has 3 aliphatic carbocycles. The topological polar surface area (TPSA) is 33.6 Å². The van der Waals surface area contributed by atoms with Gasteiger partial charge in [-0.05, 0) is 66.6 Å². The van der Waals surface area contributed by atoms with Gasteiger partial charge in [-0.25, -0.2) is 0 Å². The Bertz CT molecular complexity index is 668. The second-order valence-corrected chi connectivity index (χ2v) is 7.51. The van der Waals surface area contributed by atoms with Crippen LogP contribution in [0.25, 0.3) is 10.7 Å². The second kappa shape index (κ2) is 3.58. The van der Waals surface area contributed by atoms with Crippen molar-refractivity contribution in [2.75, 3.05) is 0 Å². The van der Waals surface area contributed by atoms with E-state index in [1.807, 2.05) is 0 Å². The summed E-state index contributed by atoms with van der Waals surface area (Å²) in [5, 5.41) is 9.59. The molecule has 0 spiro atoms. The number of aromatic nitrogens is 3. The average molecular weight is 289 g/mol. The molecule has 2 aromatic heterocycles. The SMILES string of the molecule is S=c1[nH]nc(-c2cccs2)n1C1C2C3CCC(C3)C21. The minimum atomic E-state index is 0.634. The Morgan fingerprint density at radius 1 is 1.32 bits per heavy atom. The molecular formula is C14H15N3S2. The number of H-pyrrole nitrogens is 1. The van der Waals surface area contributed by atoms with E-state index in [-0.39, 0.29) is 0 Å². The molecule has 4 atom stereocenters. The Morgan fingerprint density at radius 2 is 2.11 bits per heavy atom. The van der Waals surface area contributed by atoms with E-state index < -0.39 is 0 Å². The van der Waals surface area contributed by atoms with E-state index in [9.17, 15) is 0 Å². The number of nitrogens with one attached hydrogen (secondary N) is 1. The molecule has 3 aliphatic rings. The van der Waals surface area contributed by atoms with Crippen LogP contribution in [0.1, 0.15) is 25.3 Å². The first-order chi connectivity index (χ1) is 9.34. The highest BCUT2D eigenvalue weighted by Gasteiger charge is 2.66. The molecule has 1 N–H and O–H groups in total. The fourth-order valence-electron chi connectivity index (χ4n) is 4.78. The molecule has 2 heterocycles. The van der Waals surface area contributed by atoms with E-state index >= 15 is 0 Å². The molecule has 3 saturated carbocycles. The van der Waals surface area contributed by atoms with Crippen LogP contribution in [-0.2, 0) is 0 Å². The summed E-state index contributed by atoms with van der Waals surface area (Å²) in [6.07, 6.45) is 4.37. The largest absolute Gasteiger partial charge is 0.296 e. The first-order valence-corrected chi connectivity index (χ1v) is 8.34. The Morgan fingerprint density at radius 3 is 2.79 bits per heavy atom. The summed E-state index contributed by atoms with van der Waals surface area (Å²) in [6, 6.07) is 4.85. The highest BCUT2D eigenvalue weighted by Crippen LogP contribution is 2.71. The van der Waals surface area contributed by atoms with Gasteiger partial charge in [-0.3, -0.25) is 9.67 Å². The highest BCUT2D eigenvalue weighted by atomic mass is 32.1. The van der Waals surface area contributed by atoms with E-state index in [0.717, 1.165) is 34.3 Å². The van der Waals surface area contributed by atoms with Crippen LogP contribution in [0.15, 0.2) is 17.5 Å². The van der Waals surface area contributed by atoms with E-state index in [0.29, 0.717) is 6.04 Å². The summed E-state index contributed by atoms with van der Waals surface area (Å²) in [5.41, 5.74) is 0. The van der Waals surface area contributed by atoms with Crippen molar-refractivity contribution < 1.29 is 0 Å². The molecule has 0 amide bonds. The number of hydrogen-bond acceptors (Lipinski definition) is 3. The summed E-state index contributed by atoms with van der Waals surface area (Å²) in [6.45, 7) is 0. The summed E-state index contributed by atoms with van der Waals surface area (Å²) in [7, 11) is 0. The molecule has 0 aliphatic heterocycles. The Hall–Kier alpha value is -0.940. The van der Waals surface area contributed by atoms with Crippen molar-refractivity contribution in [3.05, 3.63) is 22.3 Å². The van der Waals surface area contributed by atoms with Gasteiger partial charge in [0.1, 0.15) is 0 Å². The first-order valence-electron chi connectivity index (χ1n) is 7.05. The molecule has 2 aromatic rings. The minimum absolute atomic E-state index is 0.634. The normalized spacial score (nSPS) is 38.6. The zero-order valence-corrected chi connectivity index (χ0v) is 12.1. The maximum Gasteiger partial charge on any atom is 0.195 e. The smallest absolute Gasteiger partial charge is 0.195 e. The van der Waals surface area contributed by atoms with Crippen LogP contribution in [0.4, 0.5) is 0 Å². The zero-order valence-electron chi connectivity index (χ0n) is 10.5. The van der Waals surface area contributed by atoms with Gasteiger partial charge in [-0.15, -0.1) is 11.3 Å². The van der Waals surface area contributed by atoms with Gasteiger partial charge in [0, 0.05) is 6.04 Å². The second-order valence-electron chi connectivity index (χ2n) is 6.18. The van der Waals surface area contributed by atoms with Crippen molar-refractivity contribution in [3.8, 4) is 10.7 Å². The fourth-order valence-corrected chi connectivity index (χ4v) is 5.75. The van der Waals surface area contributed by atoms with Gasteiger partial charge in [-0.1, -0.05) is 6.07 Å². The number of thiophene rings is 1. The number of nitrogens with zero attached hydrogens (tertiary/aromatic N) is 2. The van der Waals surface area contributed by atoms with Crippen molar-refractivity contribution in [3.63, 3.8) is 0 Å². The predicted octanol–water partition coefficient (Wildman–Crippen LogP) is 3.89. The third-order valence-corrected chi connectivity index (χ3v) is 6.59. The maximum absolute atomic E-state index is 5.49. The number of rotatable bonds is 2. The lowest BCUT2D eigenvalue weighted by molar-refractivity contribution is 0.453. The van der Waals surface area contributed by atoms with E-state index in [1.165, 1.54) is 24.1 Å². The average Bonchev–Trinajstić information content (AvgIpc) is 2.96. The molecule has 0 saturated heterocycles. The molecular weight excluding hydrogens is 274 g/mol.